The van der Waals surface area contributed by atoms with Gasteiger partial charge in [-0.15, -0.1) is 11.8 Å². The lowest BCUT2D eigenvalue weighted by atomic mass is 10.2. The van der Waals surface area contributed by atoms with Gasteiger partial charge in [0.05, 0.1) is 11.0 Å². The van der Waals surface area contributed by atoms with Crippen molar-refractivity contribution < 1.29 is 9.66 Å². The Morgan fingerprint density at radius 1 is 1.61 bits per heavy atom. The van der Waals surface area contributed by atoms with E-state index < -0.39 is 4.92 Å². The van der Waals surface area contributed by atoms with E-state index in [4.69, 9.17) is 10.00 Å². The van der Waals surface area contributed by atoms with E-state index in [1.807, 2.05) is 13.0 Å². The molecule has 6 heteroatoms. The lowest BCUT2D eigenvalue weighted by Crippen LogP contribution is -2.12. The number of ether oxygens (including phenoxy) is 1. The topological polar surface area (TPSA) is 76.2 Å². The molecule has 0 aromatic heterocycles. The van der Waals surface area contributed by atoms with Crippen LogP contribution in [0.2, 0.25) is 0 Å². The van der Waals surface area contributed by atoms with E-state index in [0.717, 1.165) is 17.9 Å². The van der Waals surface area contributed by atoms with Crippen LogP contribution in [0.25, 0.3) is 0 Å². The van der Waals surface area contributed by atoms with Gasteiger partial charge in [-0.25, -0.2) is 0 Å². The summed E-state index contributed by atoms with van der Waals surface area (Å²) < 4.78 is 5.45. The largest absolute Gasteiger partial charge is 0.377 e. The summed E-state index contributed by atoms with van der Waals surface area (Å²) in [5.41, 5.74) is -0.0332. The van der Waals surface area contributed by atoms with Crippen LogP contribution >= 0.6 is 11.8 Å². The van der Waals surface area contributed by atoms with Crippen molar-refractivity contribution in [2.45, 2.75) is 29.6 Å². The first-order chi connectivity index (χ1) is 8.61. The Morgan fingerprint density at radius 2 is 2.39 bits per heavy atom. The van der Waals surface area contributed by atoms with Gasteiger partial charge in [-0.05, 0) is 25.5 Å². The molecular formula is C12H12N2O3S. The molecule has 0 spiro atoms. The lowest BCUT2D eigenvalue weighted by molar-refractivity contribution is -0.385. The van der Waals surface area contributed by atoms with Gasteiger partial charge in [-0.2, -0.15) is 5.26 Å². The van der Waals surface area contributed by atoms with Crippen molar-refractivity contribution in [1.82, 2.24) is 0 Å². The van der Waals surface area contributed by atoms with E-state index in [9.17, 15) is 10.1 Å². The molecule has 1 heterocycles. The maximum absolute atomic E-state index is 10.9. The van der Waals surface area contributed by atoms with E-state index in [1.165, 1.54) is 12.1 Å². The molecular weight excluding hydrogens is 252 g/mol. The zero-order chi connectivity index (χ0) is 13.1. The van der Waals surface area contributed by atoms with E-state index in [1.54, 1.807) is 17.8 Å². The molecule has 0 saturated carbocycles. The Morgan fingerprint density at radius 3 is 2.94 bits per heavy atom. The molecule has 1 aliphatic rings. The summed E-state index contributed by atoms with van der Waals surface area (Å²) in [7, 11) is 0. The number of thioether (sulfide) groups is 1. The van der Waals surface area contributed by atoms with Gasteiger partial charge in [0.2, 0.25) is 0 Å². The van der Waals surface area contributed by atoms with E-state index >= 15 is 0 Å². The summed E-state index contributed by atoms with van der Waals surface area (Å²) in [5.74, 6) is 0. The molecule has 2 rings (SSSR count). The fourth-order valence-electron chi connectivity index (χ4n) is 1.87. The molecule has 0 aliphatic carbocycles. The summed E-state index contributed by atoms with van der Waals surface area (Å²) in [6, 6.07) is 6.55. The van der Waals surface area contributed by atoms with Gasteiger partial charge in [-0.3, -0.25) is 10.1 Å². The van der Waals surface area contributed by atoms with Gasteiger partial charge >= 0.3 is 0 Å². The predicted molar refractivity (Wildman–Crippen MR) is 67.5 cm³/mol. The van der Waals surface area contributed by atoms with Gasteiger partial charge < -0.3 is 4.74 Å². The molecule has 18 heavy (non-hydrogen) atoms. The van der Waals surface area contributed by atoms with Crippen LogP contribution in [0.15, 0.2) is 23.1 Å². The van der Waals surface area contributed by atoms with Crippen molar-refractivity contribution in [1.29, 1.82) is 5.26 Å². The number of nitriles is 1. The summed E-state index contributed by atoms with van der Waals surface area (Å²) in [4.78, 5) is 11.1. The van der Waals surface area contributed by atoms with Crippen LogP contribution in [0.1, 0.15) is 18.9 Å². The first-order valence-electron chi connectivity index (χ1n) is 5.58. The maximum atomic E-state index is 10.9. The first-order valence-corrected chi connectivity index (χ1v) is 6.46. The molecule has 5 nitrogen and oxygen atoms in total. The Labute approximate surface area is 109 Å². The van der Waals surface area contributed by atoms with E-state index in [2.05, 4.69) is 0 Å². The normalized spacial score (nSPS) is 22.7. The molecule has 1 aromatic carbocycles. The molecule has 0 N–H and O–H groups in total. The first kappa shape index (κ1) is 12.9. The van der Waals surface area contributed by atoms with E-state index in [0.29, 0.717) is 5.25 Å². The van der Waals surface area contributed by atoms with Gasteiger partial charge in [0.1, 0.15) is 11.6 Å². The average Bonchev–Trinajstić information content (AvgIpc) is 2.75. The van der Waals surface area contributed by atoms with Gasteiger partial charge in [0.15, 0.2) is 0 Å². The number of nitro groups is 1. The van der Waals surface area contributed by atoms with Crippen LogP contribution < -0.4 is 0 Å². The third-order valence-electron chi connectivity index (χ3n) is 2.88. The van der Waals surface area contributed by atoms with Gasteiger partial charge in [0, 0.05) is 22.8 Å². The molecule has 0 bridgehead atoms. The number of hydrogen-bond donors (Lipinski definition) is 0. The summed E-state index contributed by atoms with van der Waals surface area (Å²) in [6.07, 6.45) is 1.10. The Balaban J connectivity index is 2.22. The maximum Gasteiger partial charge on any atom is 0.288 e. The number of hydrogen-bond acceptors (Lipinski definition) is 5. The van der Waals surface area contributed by atoms with Crippen molar-refractivity contribution in [2.24, 2.45) is 0 Å². The highest BCUT2D eigenvalue weighted by atomic mass is 32.2. The van der Waals surface area contributed by atoms with Crippen molar-refractivity contribution >= 4 is 17.4 Å². The SMILES string of the molecule is CC1OCCC1Sc1ccc(C#N)c([N+](=O)[O-])c1. The molecule has 1 fully saturated rings. The van der Waals surface area contributed by atoms with Crippen LogP contribution in [0.4, 0.5) is 5.69 Å². The summed E-state index contributed by atoms with van der Waals surface area (Å²) in [6.45, 7) is 2.74. The molecule has 2 atom stereocenters. The lowest BCUT2D eigenvalue weighted by Gasteiger charge is -2.13. The van der Waals surface area contributed by atoms with Crippen LogP contribution in [0, 0.1) is 21.4 Å². The minimum absolute atomic E-state index is 0.0973. The number of nitrogens with zero attached hydrogens (tertiary/aromatic N) is 2. The number of nitro benzene ring substituents is 1. The minimum atomic E-state index is -0.517. The average molecular weight is 264 g/mol. The molecule has 2 unspecified atom stereocenters. The molecule has 1 aromatic rings. The molecule has 94 valence electrons. The smallest absolute Gasteiger partial charge is 0.288 e. The zero-order valence-corrected chi connectivity index (χ0v) is 10.6. The van der Waals surface area contributed by atoms with Crippen molar-refractivity contribution in [2.75, 3.05) is 6.61 Å². The van der Waals surface area contributed by atoms with E-state index in [-0.39, 0.29) is 17.4 Å². The summed E-state index contributed by atoms with van der Waals surface area (Å²) >= 11 is 1.57. The monoisotopic (exact) mass is 264 g/mol. The second kappa shape index (κ2) is 5.38. The Bertz CT molecular complexity index is 513. The highest BCUT2D eigenvalue weighted by Gasteiger charge is 2.26. The molecule has 0 radical (unpaired) electrons. The highest BCUT2D eigenvalue weighted by Crippen LogP contribution is 2.34. The van der Waals surface area contributed by atoms with Crippen LogP contribution in [0.5, 0.6) is 0 Å². The second-order valence-electron chi connectivity index (χ2n) is 4.07. The quantitative estimate of drug-likeness (QED) is 0.619. The third kappa shape index (κ3) is 2.63. The molecule has 1 saturated heterocycles. The Hall–Kier alpha value is -1.58. The number of rotatable bonds is 3. The Kier molecular flexibility index (Phi) is 3.84. The fraction of sp³-hybridized carbons (Fsp3) is 0.417. The molecule has 0 amide bonds. The highest BCUT2D eigenvalue weighted by molar-refractivity contribution is 8.00. The van der Waals surface area contributed by atoms with Crippen LogP contribution in [-0.4, -0.2) is 22.9 Å². The second-order valence-corrected chi connectivity index (χ2v) is 5.38. The predicted octanol–water partition coefficient (Wildman–Crippen LogP) is 2.74. The van der Waals surface area contributed by atoms with Crippen molar-refractivity contribution in [3.63, 3.8) is 0 Å². The van der Waals surface area contributed by atoms with Gasteiger partial charge in [-0.1, -0.05) is 0 Å². The van der Waals surface area contributed by atoms with Crippen molar-refractivity contribution in [3.8, 4) is 6.07 Å². The minimum Gasteiger partial charge on any atom is -0.377 e. The summed E-state index contributed by atoms with van der Waals surface area (Å²) in [5, 5.41) is 20.0. The third-order valence-corrected chi connectivity index (χ3v) is 4.33. The molecule has 1 aliphatic heterocycles. The zero-order valence-electron chi connectivity index (χ0n) is 9.83. The number of benzene rings is 1. The standard InChI is InChI=1S/C12H12N2O3S/c1-8-12(4-5-17-8)18-10-3-2-9(7-13)11(6-10)14(15)16/h2-3,6,8,12H,4-5H2,1H3. The fourth-order valence-corrected chi connectivity index (χ4v) is 3.03. The van der Waals surface area contributed by atoms with Crippen LogP contribution in [-0.2, 0) is 4.74 Å². The van der Waals surface area contributed by atoms with Crippen molar-refractivity contribution in [3.05, 3.63) is 33.9 Å². The van der Waals surface area contributed by atoms with Gasteiger partial charge in [0.25, 0.3) is 5.69 Å². The van der Waals surface area contributed by atoms with Crippen LogP contribution in [0.3, 0.4) is 0 Å².